The third-order valence-electron chi connectivity index (χ3n) is 12.2. The van der Waals surface area contributed by atoms with Crippen LogP contribution in [-0.2, 0) is 17.5 Å². The quantitative estimate of drug-likeness (QED) is 0.152. The molecule has 0 amide bonds. The summed E-state index contributed by atoms with van der Waals surface area (Å²) in [6, 6.07) is 24.1. The number of hydrogen-bond donors (Lipinski definition) is 2. The molecule has 0 saturated carbocycles. The number of rotatable bonds is 10. The van der Waals surface area contributed by atoms with Gasteiger partial charge < -0.3 is 10.2 Å². The zero-order valence-corrected chi connectivity index (χ0v) is 30.6. The molecule has 8 heteroatoms. The number of phenols is 2. The van der Waals surface area contributed by atoms with Crippen LogP contribution in [0.4, 0.5) is 0 Å². The monoisotopic (exact) mass is 658 g/mol. The summed E-state index contributed by atoms with van der Waals surface area (Å²) < 4.78 is 3.94. The highest BCUT2D eigenvalue weighted by atomic mass is 16.3. The van der Waals surface area contributed by atoms with Crippen LogP contribution in [0.1, 0.15) is 93.2 Å². The van der Waals surface area contributed by atoms with Crippen LogP contribution < -0.4 is 0 Å². The largest absolute Gasteiger partial charge is 0.505 e. The lowest BCUT2D eigenvalue weighted by Crippen LogP contribution is -2.42. The van der Waals surface area contributed by atoms with Crippen LogP contribution in [0, 0.1) is 10.8 Å². The number of aromatic hydroxyl groups is 2. The molecule has 0 aliphatic heterocycles. The fourth-order valence-corrected chi connectivity index (χ4v) is 6.79. The Labute approximate surface area is 289 Å². The molecule has 6 rings (SSSR count). The number of phenolic OH excluding ortho intramolecular Hbond substituents is 2. The van der Waals surface area contributed by atoms with E-state index in [9.17, 15) is 10.2 Å². The Morgan fingerprint density at radius 1 is 0.551 bits per heavy atom. The minimum atomic E-state index is -0.406. The van der Waals surface area contributed by atoms with Gasteiger partial charge in [-0.3, -0.25) is 0 Å². The van der Waals surface area contributed by atoms with E-state index in [2.05, 4.69) is 102 Å². The Balaban J connectivity index is 1.67. The molecule has 8 nitrogen and oxygen atoms in total. The number of hydrogen-bond acceptors (Lipinski definition) is 6. The van der Waals surface area contributed by atoms with Crippen LogP contribution >= 0.6 is 0 Å². The molecule has 0 atom stereocenters. The number of aromatic nitrogens is 6. The SMILES string of the molecule is CCC(C)(C)C(C)(C)n1nnc2c(O)c(-c3ccccc3)c(Cc3cc4c(nnn4C(C)(C)C(C)(C)CC)c(O)c3-c3ccccc3)cc21. The molecule has 256 valence electrons. The molecule has 0 fully saturated rings. The van der Waals surface area contributed by atoms with Crippen molar-refractivity contribution in [1.29, 1.82) is 0 Å². The van der Waals surface area contributed by atoms with Crippen LogP contribution in [0.25, 0.3) is 44.3 Å². The molecule has 6 aromatic rings. The van der Waals surface area contributed by atoms with Gasteiger partial charge in [-0.05, 0) is 92.2 Å². The summed E-state index contributed by atoms with van der Waals surface area (Å²) in [6.07, 6.45) is 2.29. The molecule has 0 bridgehead atoms. The van der Waals surface area contributed by atoms with Crippen LogP contribution in [0.2, 0.25) is 0 Å². The fraction of sp³-hybridized carbons (Fsp3) is 0.415. The average Bonchev–Trinajstić information content (AvgIpc) is 3.71. The summed E-state index contributed by atoms with van der Waals surface area (Å²) in [4.78, 5) is 0. The van der Waals surface area contributed by atoms with Crippen molar-refractivity contribution in [3.8, 4) is 33.8 Å². The van der Waals surface area contributed by atoms with Crippen molar-refractivity contribution in [2.75, 3.05) is 0 Å². The van der Waals surface area contributed by atoms with Crippen molar-refractivity contribution in [3.63, 3.8) is 0 Å². The summed E-state index contributed by atoms with van der Waals surface area (Å²) in [5.41, 5.74) is 6.39. The van der Waals surface area contributed by atoms with Crippen molar-refractivity contribution in [3.05, 3.63) is 83.9 Å². The smallest absolute Gasteiger partial charge is 0.155 e. The maximum Gasteiger partial charge on any atom is 0.155 e. The fourth-order valence-electron chi connectivity index (χ4n) is 6.79. The molecule has 4 aromatic carbocycles. The van der Waals surface area contributed by atoms with E-state index in [4.69, 9.17) is 0 Å². The van der Waals surface area contributed by atoms with Gasteiger partial charge in [0.05, 0.1) is 22.1 Å². The van der Waals surface area contributed by atoms with Crippen molar-refractivity contribution in [2.45, 2.75) is 99.6 Å². The highest BCUT2D eigenvalue weighted by molar-refractivity contribution is 5.95. The first-order valence-electron chi connectivity index (χ1n) is 17.4. The van der Waals surface area contributed by atoms with Crippen molar-refractivity contribution in [1.82, 2.24) is 30.0 Å². The summed E-state index contributed by atoms with van der Waals surface area (Å²) in [6.45, 7) is 22.1. The van der Waals surface area contributed by atoms with Crippen molar-refractivity contribution >= 4 is 22.1 Å². The number of fused-ring (bicyclic) bond motifs is 2. The predicted octanol–water partition coefficient (Wildman–Crippen LogP) is 9.85. The molecule has 0 spiro atoms. The highest BCUT2D eigenvalue weighted by Gasteiger charge is 2.41. The van der Waals surface area contributed by atoms with Crippen LogP contribution in [-0.4, -0.2) is 40.2 Å². The van der Waals surface area contributed by atoms with E-state index >= 15 is 0 Å². The molecule has 2 N–H and O–H groups in total. The number of benzene rings is 4. The molecular weight excluding hydrogens is 608 g/mol. The Hall–Kier alpha value is -4.72. The van der Waals surface area contributed by atoms with E-state index in [1.807, 2.05) is 70.0 Å². The standard InChI is InChI=1S/C41H50N6O2/c1-11-38(3,4)40(7,8)46-30-24-28(32(26-19-15-13-16-20-26)36(48)34(30)42-44-46)23-29-25-31-35(37(49)33(29)27-21-17-14-18-22-27)43-45-47(31)41(9,10)39(5,6)12-2/h13-22,24-25,48-49H,11-12,23H2,1-10H3. The van der Waals surface area contributed by atoms with Crippen LogP contribution in [0.3, 0.4) is 0 Å². The number of nitrogens with zero attached hydrogens (tertiary/aromatic N) is 6. The zero-order valence-electron chi connectivity index (χ0n) is 30.6. The molecule has 0 saturated heterocycles. The van der Waals surface area contributed by atoms with E-state index < -0.39 is 11.1 Å². The minimum absolute atomic E-state index is 0.0964. The molecule has 0 aliphatic rings. The van der Waals surface area contributed by atoms with Gasteiger partial charge in [-0.2, -0.15) is 0 Å². The van der Waals surface area contributed by atoms with Gasteiger partial charge in [0, 0.05) is 11.1 Å². The van der Waals surface area contributed by atoms with E-state index in [0.29, 0.717) is 28.6 Å². The molecule has 0 radical (unpaired) electrons. The first-order chi connectivity index (χ1) is 23.1. The van der Waals surface area contributed by atoms with Crippen LogP contribution in [0.15, 0.2) is 72.8 Å². The lowest BCUT2D eigenvalue weighted by molar-refractivity contribution is 0.102. The zero-order chi connectivity index (χ0) is 35.5. The van der Waals surface area contributed by atoms with Gasteiger partial charge in [0.15, 0.2) is 22.5 Å². The van der Waals surface area contributed by atoms with Crippen LogP contribution in [0.5, 0.6) is 11.5 Å². The highest BCUT2D eigenvalue weighted by Crippen LogP contribution is 2.47. The summed E-state index contributed by atoms with van der Waals surface area (Å²) in [7, 11) is 0. The van der Waals surface area contributed by atoms with E-state index in [1.165, 1.54) is 0 Å². The Morgan fingerprint density at radius 3 is 1.22 bits per heavy atom. The van der Waals surface area contributed by atoms with Gasteiger partial charge in [0.2, 0.25) is 0 Å². The molecule has 49 heavy (non-hydrogen) atoms. The second kappa shape index (κ2) is 12.0. The predicted molar refractivity (Wildman–Crippen MR) is 199 cm³/mol. The van der Waals surface area contributed by atoms with E-state index in [0.717, 1.165) is 46.1 Å². The first-order valence-corrected chi connectivity index (χ1v) is 17.4. The minimum Gasteiger partial charge on any atom is -0.505 e. The van der Waals surface area contributed by atoms with Gasteiger partial charge in [0.25, 0.3) is 0 Å². The molecule has 2 heterocycles. The Bertz CT molecular complexity index is 1990. The first kappa shape index (κ1) is 34.2. The molecule has 2 aromatic heterocycles. The summed E-state index contributed by atoms with van der Waals surface area (Å²) in [5.74, 6) is 0.193. The third kappa shape index (κ3) is 5.36. The van der Waals surface area contributed by atoms with Crippen molar-refractivity contribution in [2.24, 2.45) is 10.8 Å². The topological polar surface area (TPSA) is 102 Å². The maximum atomic E-state index is 12.1. The lowest BCUT2D eigenvalue weighted by atomic mass is 9.72. The van der Waals surface area contributed by atoms with Gasteiger partial charge >= 0.3 is 0 Å². The van der Waals surface area contributed by atoms with E-state index in [-0.39, 0.29) is 22.3 Å². The Kier molecular flexibility index (Phi) is 8.37. The van der Waals surface area contributed by atoms with Gasteiger partial charge in [-0.1, -0.05) is 113 Å². The molecule has 0 unspecified atom stereocenters. The van der Waals surface area contributed by atoms with E-state index in [1.54, 1.807) is 0 Å². The van der Waals surface area contributed by atoms with Gasteiger partial charge in [-0.25, -0.2) is 9.36 Å². The van der Waals surface area contributed by atoms with Crippen molar-refractivity contribution < 1.29 is 10.2 Å². The molecule has 0 aliphatic carbocycles. The van der Waals surface area contributed by atoms with Gasteiger partial charge in [-0.15, -0.1) is 10.2 Å². The average molecular weight is 659 g/mol. The van der Waals surface area contributed by atoms with Gasteiger partial charge in [0.1, 0.15) is 0 Å². The summed E-state index contributed by atoms with van der Waals surface area (Å²) >= 11 is 0. The maximum absolute atomic E-state index is 12.1. The lowest BCUT2D eigenvalue weighted by Gasteiger charge is -2.41. The Morgan fingerprint density at radius 2 is 0.898 bits per heavy atom. The summed E-state index contributed by atoms with van der Waals surface area (Å²) in [5, 5.41) is 42.5. The normalized spacial score (nSPS) is 13.1. The second-order valence-corrected chi connectivity index (χ2v) is 15.8. The second-order valence-electron chi connectivity index (χ2n) is 15.8. The molecular formula is C41H50N6O2. The third-order valence-corrected chi connectivity index (χ3v) is 12.2.